The highest BCUT2D eigenvalue weighted by Crippen LogP contribution is 2.22. The molecular formula is C13H20ClFN2. The number of nitrogens with one attached hydrogen (secondary N) is 1. The summed E-state index contributed by atoms with van der Waals surface area (Å²) in [5, 5.41) is 0.205. The Kier molecular flexibility index (Phi) is 5.89. The van der Waals surface area contributed by atoms with Crippen LogP contribution in [-0.2, 0) is 6.42 Å². The predicted octanol–water partition coefficient (Wildman–Crippen LogP) is 3.29. The highest BCUT2D eigenvalue weighted by atomic mass is 35.5. The first-order valence-corrected chi connectivity index (χ1v) is 6.35. The van der Waals surface area contributed by atoms with Crippen molar-refractivity contribution in [2.75, 3.05) is 0 Å². The van der Waals surface area contributed by atoms with E-state index in [-0.39, 0.29) is 16.9 Å². The van der Waals surface area contributed by atoms with Crippen LogP contribution in [0.1, 0.15) is 32.3 Å². The molecule has 3 N–H and O–H groups in total. The minimum Gasteiger partial charge on any atom is -0.271 e. The van der Waals surface area contributed by atoms with Crippen LogP contribution in [0.4, 0.5) is 4.39 Å². The lowest BCUT2D eigenvalue weighted by molar-refractivity contribution is 0.396. The van der Waals surface area contributed by atoms with Gasteiger partial charge in [0, 0.05) is 6.04 Å². The normalized spacial score (nSPS) is 14.6. The first-order valence-electron chi connectivity index (χ1n) is 5.97. The van der Waals surface area contributed by atoms with Crippen LogP contribution in [0.25, 0.3) is 0 Å². The minimum atomic E-state index is -0.372. The van der Waals surface area contributed by atoms with E-state index in [4.69, 9.17) is 17.4 Å². The molecule has 0 heterocycles. The van der Waals surface area contributed by atoms with E-state index in [1.54, 1.807) is 6.07 Å². The summed E-state index contributed by atoms with van der Waals surface area (Å²) in [5.74, 6) is 5.74. The van der Waals surface area contributed by atoms with Gasteiger partial charge in [-0.2, -0.15) is 0 Å². The molecular weight excluding hydrogens is 239 g/mol. The topological polar surface area (TPSA) is 38.0 Å². The van der Waals surface area contributed by atoms with Crippen LogP contribution in [0.3, 0.4) is 0 Å². The van der Waals surface area contributed by atoms with Gasteiger partial charge in [0.25, 0.3) is 0 Å². The van der Waals surface area contributed by atoms with E-state index in [1.807, 2.05) is 6.07 Å². The Hall–Kier alpha value is -0.640. The van der Waals surface area contributed by atoms with Crippen LogP contribution >= 0.6 is 11.6 Å². The molecule has 2 unspecified atom stereocenters. The van der Waals surface area contributed by atoms with Gasteiger partial charge in [-0.3, -0.25) is 11.3 Å². The summed E-state index contributed by atoms with van der Waals surface area (Å²) >= 11 is 5.92. The molecule has 0 saturated carbocycles. The van der Waals surface area contributed by atoms with Crippen LogP contribution in [0, 0.1) is 11.7 Å². The average Bonchev–Trinajstić information content (AvgIpc) is 2.33. The van der Waals surface area contributed by atoms with Crippen molar-refractivity contribution in [2.24, 2.45) is 11.8 Å². The van der Waals surface area contributed by atoms with Gasteiger partial charge in [0.1, 0.15) is 5.82 Å². The van der Waals surface area contributed by atoms with Crippen molar-refractivity contribution < 1.29 is 4.39 Å². The highest BCUT2D eigenvalue weighted by molar-refractivity contribution is 6.31. The third-order valence-corrected chi connectivity index (χ3v) is 3.54. The Morgan fingerprint density at radius 1 is 1.47 bits per heavy atom. The summed E-state index contributed by atoms with van der Waals surface area (Å²) in [4.78, 5) is 0. The zero-order valence-electron chi connectivity index (χ0n) is 10.3. The summed E-state index contributed by atoms with van der Waals surface area (Å²) in [5.41, 5.74) is 3.58. The molecule has 0 fully saturated rings. The van der Waals surface area contributed by atoms with E-state index in [0.29, 0.717) is 12.3 Å². The minimum absolute atomic E-state index is 0.129. The maximum atomic E-state index is 13.3. The molecule has 1 aromatic rings. The van der Waals surface area contributed by atoms with Crippen LogP contribution < -0.4 is 11.3 Å². The number of rotatable bonds is 6. The predicted molar refractivity (Wildman–Crippen MR) is 70.3 cm³/mol. The monoisotopic (exact) mass is 258 g/mol. The molecule has 0 aromatic heterocycles. The van der Waals surface area contributed by atoms with Crippen LogP contribution in [0.2, 0.25) is 5.02 Å². The lowest BCUT2D eigenvalue weighted by Crippen LogP contribution is -2.38. The van der Waals surface area contributed by atoms with Crippen molar-refractivity contribution in [3.8, 4) is 0 Å². The van der Waals surface area contributed by atoms with Crippen LogP contribution in [0.5, 0.6) is 0 Å². The fourth-order valence-electron chi connectivity index (χ4n) is 1.83. The third kappa shape index (κ3) is 4.26. The average molecular weight is 259 g/mol. The molecule has 0 aliphatic carbocycles. The summed E-state index contributed by atoms with van der Waals surface area (Å²) in [6.07, 6.45) is 2.71. The third-order valence-electron chi connectivity index (χ3n) is 3.12. The molecule has 1 aromatic carbocycles. The maximum absolute atomic E-state index is 13.3. The Bertz CT molecular complexity index is 357. The quantitative estimate of drug-likeness (QED) is 0.607. The molecule has 0 aliphatic heterocycles. The van der Waals surface area contributed by atoms with Gasteiger partial charge in [0.05, 0.1) is 5.02 Å². The van der Waals surface area contributed by atoms with E-state index in [1.165, 1.54) is 6.07 Å². The SMILES string of the molecule is CCC(C)CC(Cc1cccc(F)c1Cl)NN. The molecule has 4 heteroatoms. The second-order valence-corrected chi connectivity index (χ2v) is 4.91. The van der Waals surface area contributed by atoms with Gasteiger partial charge in [0.2, 0.25) is 0 Å². The van der Waals surface area contributed by atoms with Crippen molar-refractivity contribution >= 4 is 11.6 Å². The zero-order chi connectivity index (χ0) is 12.8. The molecule has 0 aliphatic rings. The highest BCUT2D eigenvalue weighted by Gasteiger charge is 2.14. The number of hydrazine groups is 1. The summed E-state index contributed by atoms with van der Waals surface area (Å²) in [7, 11) is 0. The van der Waals surface area contributed by atoms with Gasteiger partial charge in [-0.1, -0.05) is 44.0 Å². The Labute approximate surface area is 107 Å². The van der Waals surface area contributed by atoms with Crippen molar-refractivity contribution in [3.05, 3.63) is 34.6 Å². The lowest BCUT2D eigenvalue weighted by atomic mass is 9.95. The smallest absolute Gasteiger partial charge is 0.142 e. The summed E-state index contributed by atoms with van der Waals surface area (Å²) in [6, 6.07) is 5.01. The summed E-state index contributed by atoms with van der Waals surface area (Å²) in [6.45, 7) is 4.32. The second kappa shape index (κ2) is 6.94. The fraction of sp³-hybridized carbons (Fsp3) is 0.538. The van der Waals surface area contributed by atoms with Gasteiger partial charge in [0.15, 0.2) is 0 Å². The molecule has 17 heavy (non-hydrogen) atoms. The number of halogens is 2. The summed E-state index contributed by atoms with van der Waals surface area (Å²) < 4.78 is 13.3. The molecule has 0 spiro atoms. The number of benzene rings is 1. The van der Waals surface area contributed by atoms with Crippen molar-refractivity contribution in [1.82, 2.24) is 5.43 Å². The van der Waals surface area contributed by atoms with E-state index in [0.717, 1.165) is 18.4 Å². The molecule has 96 valence electrons. The van der Waals surface area contributed by atoms with Gasteiger partial charge in [-0.15, -0.1) is 0 Å². The van der Waals surface area contributed by atoms with Gasteiger partial charge in [-0.05, 0) is 30.4 Å². The lowest BCUT2D eigenvalue weighted by Gasteiger charge is -2.20. The van der Waals surface area contributed by atoms with E-state index in [9.17, 15) is 4.39 Å². The molecule has 0 amide bonds. The van der Waals surface area contributed by atoms with Crippen molar-refractivity contribution in [2.45, 2.75) is 39.2 Å². The number of nitrogens with two attached hydrogens (primary N) is 1. The van der Waals surface area contributed by atoms with Crippen LogP contribution in [-0.4, -0.2) is 6.04 Å². The first kappa shape index (κ1) is 14.4. The van der Waals surface area contributed by atoms with E-state index >= 15 is 0 Å². The fourth-order valence-corrected chi connectivity index (χ4v) is 2.04. The van der Waals surface area contributed by atoms with E-state index < -0.39 is 0 Å². The van der Waals surface area contributed by atoms with Gasteiger partial charge in [-0.25, -0.2) is 4.39 Å². The van der Waals surface area contributed by atoms with Crippen molar-refractivity contribution in [1.29, 1.82) is 0 Å². The molecule has 1 rings (SSSR count). The second-order valence-electron chi connectivity index (χ2n) is 4.53. The molecule has 0 radical (unpaired) electrons. The van der Waals surface area contributed by atoms with Crippen molar-refractivity contribution in [3.63, 3.8) is 0 Å². The van der Waals surface area contributed by atoms with Crippen LogP contribution in [0.15, 0.2) is 18.2 Å². The largest absolute Gasteiger partial charge is 0.271 e. The zero-order valence-corrected chi connectivity index (χ0v) is 11.1. The van der Waals surface area contributed by atoms with Gasteiger partial charge < -0.3 is 0 Å². The number of hydrogen-bond acceptors (Lipinski definition) is 2. The maximum Gasteiger partial charge on any atom is 0.142 e. The Morgan fingerprint density at radius 3 is 2.76 bits per heavy atom. The first-order chi connectivity index (χ1) is 8.08. The van der Waals surface area contributed by atoms with E-state index in [2.05, 4.69) is 19.3 Å². The molecule has 2 atom stereocenters. The Morgan fingerprint density at radius 2 is 2.18 bits per heavy atom. The standard InChI is InChI=1S/C13H20ClFN2/c1-3-9(2)7-11(17-16)8-10-5-4-6-12(15)13(10)14/h4-6,9,11,17H,3,7-8,16H2,1-2H3. The molecule has 0 bridgehead atoms. The molecule has 2 nitrogen and oxygen atoms in total. The van der Waals surface area contributed by atoms with Gasteiger partial charge >= 0.3 is 0 Å². The Balaban J connectivity index is 2.70. The molecule has 0 saturated heterocycles. The number of hydrogen-bond donors (Lipinski definition) is 2.